The van der Waals surface area contributed by atoms with Crippen molar-refractivity contribution >= 4 is 39.9 Å². The van der Waals surface area contributed by atoms with Gasteiger partial charge < -0.3 is 15.7 Å². The Morgan fingerprint density at radius 2 is 1.79 bits per heavy atom. The molecule has 150 valence electrons. The van der Waals surface area contributed by atoms with Crippen LogP contribution in [0.1, 0.15) is 32.1 Å². The number of carboxylic acids is 1. The van der Waals surface area contributed by atoms with E-state index in [1.165, 1.54) is 24.3 Å². The van der Waals surface area contributed by atoms with Gasteiger partial charge in [-0.25, -0.2) is 14.8 Å². The number of halogens is 3. The van der Waals surface area contributed by atoms with Crippen molar-refractivity contribution in [3.8, 4) is 0 Å². The maximum Gasteiger partial charge on any atom is 0.434 e. The smallest absolute Gasteiger partial charge is 0.434 e. The van der Waals surface area contributed by atoms with E-state index in [2.05, 4.69) is 25.0 Å². The zero-order valence-corrected chi connectivity index (χ0v) is 15.4. The van der Waals surface area contributed by atoms with E-state index in [-0.39, 0.29) is 21.9 Å². The number of aromatic carboxylic acids is 1. The van der Waals surface area contributed by atoms with Crippen LogP contribution in [0, 0.1) is 6.92 Å². The summed E-state index contributed by atoms with van der Waals surface area (Å²) in [5.74, 6) is -1.60. The average molecular weight is 423 g/mol. The van der Waals surface area contributed by atoms with Gasteiger partial charge in [0, 0.05) is 5.69 Å². The largest absolute Gasteiger partial charge is 0.478 e. The summed E-state index contributed by atoms with van der Waals surface area (Å²) in [5, 5.41) is 14.5. The van der Waals surface area contributed by atoms with Crippen LogP contribution >= 0.6 is 11.5 Å². The highest BCUT2D eigenvalue weighted by Gasteiger charge is 2.32. The number of nitrogens with one attached hydrogen (secondary N) is 2. The number of hydrogen-bond acceptors (Lipinski definition) is 7. The molecule has 0 fully saturated rings. The van der Waals surface area contributed by atoms with Crippen LogP contribution in [-0.4, -0.2) is 31.3 Å². The second-order valence-corrected chi connectivity index (χ2v) is 6.49. The van der Waals surface area contributed by atoms with Crippen molar-refractivity contribution in [1.29, 1.82) is 0 Å². The maximum absolute atomic E-state index is 12.6. The van der Waals surface area contributed by atoms with Crippen LogP contribution in [0.25, 0.3) is 0 Å². The van der Waals surface area contributed by atoms with Gasteiger partial charge in [-0.15, -0.1) is 0 Å². The van der Waals surface area contributed by atoms with Crippen molar-refractivity contribution < 1.29 is 27.9 Å². The van der Waals surface area contributed by atoms with Gasteiger partial charge in [-0.2, -0.15) is 17.5 Å². The van der Waals surface area contributed by atoms with Crippen LogP contribution in [0.2, 0.25) is 0 Å². The van der Waals surface area contributed by atoms with Crippen molar-refractivity contribution in [3.05, 3.63) is 59.2 Å². The van der Waals surface area contributed by atoms with Gasteiger partial charge in [0.2, 0.25) is 0 Å². The zero-order chi connectivity index (χ0) is 21.2. The van der Waals surface area contributed by atoms with Crippen molar-refractivity contribution in [2.45, 2.75) is 13.1 Å². The van der Waals surface area contributed by atoms with Crippen LogP contribution < -0.4 is 10.6 Å². The summed E-state index contributed by atoms with van der Waals surface area (Å²) in [7, 11) is 0. The van der Waals surface area contributed by atoms with Crippen LogP contribution in [0.15, 0.2) is 36.7 Å². The van der Waals surface area contributed by atoms with Crippen LogP contribution in [-0.2, 0) is 6.18 Å². The number of hydrogen-bond donors (Lipinski definition) is 3. The fourth-order valence-corrected chi connectivity index (χ4v) is 3.07. The van der Waals surface area contributed by atoms with E-state index in [4.69, 9.17) is 5.11 Å². The van der Waals surface area contributed by atoms with E-state index in [0.717, 1.165) is 17.7 Å². The highest BCUT2D eigenvalue weighted by atomic mass is 32.1. The third-order valence-corrected chi connectivity index (χ3v) is 4.52. The second kappa shape index (κ2) is 7.83. The second-order valence-electron chi connectivity index (χ2n) is 5.72. The lowest BCUT2D eigenvalue weighted by atomic mass is 10.2. The molecule has 0 aliphatic carbocycles. The Balaban J connectivity index is 1.78. The third kappa shape index (κ3) is 4.66. The topological polar surface area (TPSA) is 117 Å². The lowest BCUT2D eigenvalue weighted by molar-refractivity contribution is -0.141. The number of carboxylic acid groups (broad SMARTS) is 1. The van der Waals surface area contributed by atoms with Gasteiger partial charge in [-0.1, -0.05) is 0 Å². The summed E-state index contributed by atoms with van der Waals surface area (Å²) in [6, 6.07) is 5.55. The van der Waals surface area contributed by atoms with Crippen molar-refractivity contribution in [1.82, 2.24) is 14.3 Å². The van der Waals surface area contributed by atoms with E-state index in [1.807, 2.05) is 0 Å². The van der Waals surface area contributed by atoms with Gasteiger partial charge in [0.15, 0.2) is 5.69 Å². The lowest BCUT2D eigenvalue weighted by Gasteiger charge is -2.09. The molecule has 8 nitrogen and oxygen atoms in total. The predicted octanol–water partition coefficient (Wildman–Crippen LogP) is 3.95. The molecule has 3 aromatic rings. The summed E-state index contributed by atoms with van der Waals surface area (Å²) in [5.41, 5.74) is -0.118. The third-order valence-electron chi connectivity index (χ3n) is 3.66. The standard InChI is InChI=1S/C17H12F3N5O3S/c1-8-13(14(26)23-10-4-2-9(3-5-10)16(27)28)15(29-25-8)24-12-7-21-11(6-22-12)17(18,19)20/h2-7H,1H3,(H,22,24)(H,23,26)(H,27,28). The average Bonchev–Trinajstić information content (AvgIpc) is 3.02. The Morgan fingerprint density at radius 3 is 2.34 bits per heavy atom. The molecule has 0 radical (unpaired) electrons. The summed E-state index contributed by atoms with van der Waals surface area (Å²) in [4.78, 5) is 30.5. The quantitative estimate of drug-likeness (QED) is 0.569. The lowest BCUT2D eigenvalue weighted by Crippen LogP contribution is -2.14. The first-order valence-electron chi connectivity index (χ1n) is 7.92. The molecule has 3 rings (SSSR count). The molecule has 0 bridgehead atoms. The van der Waals surface area contributed by atoms with Gasteiger partial charge in [0.1, 0.15) is 10.8 Å². The fraction of sp³-hybridized carbons (Fsp3) is 0.118. The molecule has 12 heteroatoms. The van der Waals surface area contributed by atoms with Crippen molar-refractivity contribution in [3.63, 3.8) is 0 Å². The first-order chi connectivity index (χ1) is 13.6. The van der Waals surface area contributed by atoms with Crippen LogP contribution in [0.3, 0.4) is 0 Å². The van der Waals surface area contributed by atoms with Gasteiger partial charge in [-0.05, 0) is 42.7 Å². The zero-order valence-electron chi connectivity index (χ0n) is 14.6. The minimum atomic E-state index is -4.60. The molecular weight excluding hydrogens is 411 g/mol. The molecule has 0 atom stereocenters. The van der Waals surface area contributed by atoms with Gasteiger partial charge in [0.05, 0.1) is 29.2 Å². The molecule has 3 N–H and O–H groups in total. The molecule has 0 unspecified atom stereocenters. The SMILES string of the molecule is Cc1nsc(Nc2cnc(C(F)(F)F)cn2)c1C(=O)Nc1ccc(C(=O)O)cc1. The van der Waals surface area contributed by atoms with Crippen molar-refractivity contribution in [2.24, 2.45) is 0 Å². The first-order valence-corrected chi connectivity index (χ1v) is 8.69. The number of aryl methyl sites for hydroxylation is 1. The van der Waals surface area contributed by atoms with Crippen molar-refractivity contribution in [2.75, 3.05) is 10.6 Å². The monoisotopic (exact) mass is 423 g/mol. The van der Waals surface area contributed by atoms with Crippen LogP contribution in [0.5, 0.6) is 0 Å². The highest BCUT2D eigenvalue weighted by Crippen LogP contribution is 2.30. The Morgan fingerprint density at radius 1 is 1.10 bits per heavy atom. The predicted molar refractivity (Wildman–Crippen MR) is 98.5 cm³/mol. The number of carbonyl (C=O) groups is 2. The molecule has 2 heterocycles. The van der Waals surface area contributed by atoms with E-state index in [9.17, 15) is 22.8 Å². The first kappa shape index (κ1) is 20.2. The Hall–Kier alpha value is -3.54. The Labute approximate surface area is 165 Å². The maximum atomic E-state index is 12.6. The summed E-state index contributed by atoms with van der Waals surface area (Å²) >= 11 is 0.936. The number of anilines is 3. The van der Waals surface area contributed by atoms with E-state index < -0.39 is 23.7 Å². The molecule has 29 heavy (non-hydrogen) atoms. The molecular formula is C17H12F3N5O3S. The number of rotatable bonds is 5. The number of alkyl halides is 3. The molecule has 2 aromatic heterocycles. The summed E-state index contributed by atoms with van der Waals surface area (Å²) < 4.78 is 41.8. The summed E-state index contributed by atoms with van der Waals surface area (Å²) in [6.45, 7) is 1.60. The molecule has 0 aliphatic rings. The van der Waals surface area contributed by atoms with E-state index in [0.29, 0.717) is 17.6 Å². The number of amides is 1. The van der Waals surface area contributed by atoms with E-state index >= 15 is 0 Å². The van der Waals surface area contributed by atoms with E-state index in [1.54, 1.807) is 6.92 Å². The normalized spacial score (nSPS) is 11.2. The minimum Gasteiger partial charge on any atom is -0.478 e. The Bertz CT molecular complexity index is 1050. The highest BCUT2D eigenvalue weighted by molar-refractivity contribution is 7.10. The molecule has 0 saturated heterocycles. The number of benzene rings is 1. The van der Waals surface area contributed by atoms with Gasteiger partial charge in [-0.3, -0.25) is 4.79 Å². The van der Waals surface area contributed by atoms with Gasteiger partial charge in [0.25, 0.3) is 5.91 Å². The molecule has 0 aliphatic heterocycles. The number of aromatic nitrogens is 3. The number of carbonyl (C=O) groups excluding carboxylic acids is 1. The fourth-order valence-electron chi connectivity index (χ4n) is 2.27. The minimum absolute atomic E-state index is 0.0153. The number of nitrogens with zero attached hydrogens (tertiary/aromatic N) is 3. The molecule has 0 spiro atoms. The molecule has 1 amide bonds. The van der Waals surface area contributed by atoms with Crippen LogP contribution in [0.4, 0.5) is 29.7 Å². The summed E-state index contributed by atoms with van der Waals surface area (Å²) in [6.07, 6.45) is -3.11. The molecule has 1 aromatic carbocycles. The Kier molecular flexibility index (Phi) is 5.46. The van der Waals surface area contributed by atoms with Gasteiger partial charge >= 0.3 is 12.1 Å². The molecule has 0 saturated carbocycles.